The maximum atomic E-state index is 6.52. The molecule has 1 aromatic rings. The summed E-state index contributed by atoms with van der Waals surface area (Å²) in [5.74, 6) is 1.62. The second-order valence-corrected chi connectivity index (χ2v) is 7.04. The first kappa shape index (κ1) is 15.3. The maximum absolute atomic E-state index is 6.52. The molecule has 0 bridgehead atoms. The molecular formula is C16H26ClNS. The van der Waals surface area contributed by atoms with Crippen molar-refractivity contribution in [2.45, 2.75) is 58.9 Å². The van der Waals surface area contributed by atoms with E-state index >= 15 is 0 Å². The summed E-state index contributed by atoms with van der Waals surface area (Å²) in [5, 5.41) is 6.91. The maximum Gasteiger partial charge on any atom is 0.0590 e. The van der Waals surface area contributed by atoms with Crippen molar-refractivity contribution < 1.29 is 0 Å². The highest BCUT2D eigenvalue weighted by atomic mass is 35.5. The molecule has 0 spiro atoms. The van der Waals surface area contributed by atoms with E-state index in [1.807, 2.05) is 11.3 Å². The fourth-order valence-corrected chi connectivity index (χ4v) is 4.96. The van der Waals surface area contributed by atoms with Crippen LogP contribution in [0, 0.1) is 18.8 Å². The topological polar surface area (TPSA) is 12.0 Å². The number of aryl methyl sites for hydroxylation is 1. The minimum atomic E-state index is 0.460. The van der Waals surface area contributed by atoms with Crippen molar-refractivity contribution in [2.24, 2.45) is 11.8 Å². The molecule has 1 aromatic heterocycles. The van der Waals surface area contributed by atoms with Gasteiger partial charge >= 0.3 is 0 Å². The number of hydrogen-bond acceptors (Lipinski definition) is 2. The lowest BCUT2D eigenvalue weighted by Crippen LogP contribution is -2.34. The van der Waals surface area contributed by atoms with Crippen LogP contribution >= 0.6 is 22.9 Å². The number of nitrogens with one attached hydrogen (secondary N) is 1. The molecule has 1 heterocycles. The van der Waals surface area contributed by atoms with E-state index in [9.17, 15) is 0 Å². The Morgan fingerprint density at radius 1 is 1.37 bits per heavy atom. The summed E-state index contributed by atoms with van der Waals surface area (Å²) in [4.78, 5) is 1.37. The van der Waals surface area contributed by atoms with Crippen LogP contribution in [0.4, 0.5) is 0 Å². The van der Waals surface area contributed by atoms with Crippen LogP contribution in [0.2, 0.25) is 5.02 Å². The minimum Gasteiger partial charge on any atom is -0.309 e. The Balaban J connectivity index is 2.25. The van der Waals surface area contributed by atoms with Gasteiger partial charge in [0.1, 0.15) is 0 Å². The molecule has 2 rings (SSSR count). The highest BCUT2D eigenvalue weighted by Gasteiger charge is 2.33. The van der Waals surface area contributed by atoms with Crippen LogP contribution in [-0.4, -0.2) is 6.54 Å². The lowest BCUT2D eigenvalue weighted by molar-refractivity contribution is 0.178. The smallest absolute Gasteiger partial charge is 0.0590 e. The predicted molar refractivity (Wildman–Crippen MR) is 86.2 cm³/mol. The van der Waals surface area contributed by atoms with Crippen LogP contribution in [-0.2, 0) is 0 Å². The molecule has 0 radical (unpaired) electrons. The van der Waals surface area contributed by atoms with Crippen molar-refractivity contribution in [3.05, 3.63) is 20.8 Å². The summed E-state index contributed by atoms with van der Waals surface area (Å²) in [6.45, 7) is 7.67. The number of thiophene rings is 1. The molecule has 3 unspecified atom stereocenters. The van der Waals surface area contributed by atoms with Gasteiger partial charge < -0.3 is 5.32 Å². The van der Waals surface area contributed by atoms with Gasteiger partial charge in [-0.3, -0.25) is 0 Å². The number of halogens is 1. The number of rotatable bonds is 5. The van der Waals surface area contributed by atoms with E-state index in [1.54, 1.807) is 0 Å². The Bertz CT molecular complexity index is 401. The Hall–Kier alpha value is -0.0500. The van der Waals surface area contributed by atoms with E-state index in [1.165, 1.54) is 42.5 Å². The van der Waals surface area contributed by atoms with Gasteiger partial charge in [0.25, 0.3) is 0 Å². The third-order valence-corrected chi connectivity index (χ3v) is 6.35. The Morgan fingerprint density at radius 3 is 2.68 bits per heavy atom. The van der Waals surface area contributed by atoms with Gasteiger partial charge in [0.05, 0.1) is 5.02 Å². The van der Waals surface area contributed by atoms with Crippen LogP contribution in [0.25, 0.3) is 0 Å². The molecule has 1 aliphatic carbocycles. The van der Waals surface area contributed by atoms with Gasteiger partial charge in [-0.05, 0) is 42.7 Å². The molecule has 1 fully saturated rings. The normalized spacial score (nSPS) is 25.5. The zero-order chi connectivity index (χ0) is 13.8. The highest BCUT2D eigenvalue weighted by molar-refractivity contribution is 7.10. The van der Waals surface area contributed by atoms with Gasteiger partial charge in [-0.2, -0.15) is 0 Å². The molecule has 0 aromatic carbocycles. The quantitative estimate of drug-likeness (QED) is 0.748. The first-order chi connectivity index (χ1) is 9.19. The minimum absolute atomic E-state index is 0.460. The summed E-state index contributed by atoms with van der Waals surface area (Å²) in [7, 11) is 0. The van der Waals surface area contributed by atoms with Crippen LogP contribution in [0.1, 0.15) is 62.4 Å². The molecule has 1 saturated carbocycles. The monoisotopic (exact) mass is 299 g/mol. The van der Waals surface area contributed by atoms with Gasteiger partial charge in [-0.15, -0.1) is 11.3 Å². The third kappa shape index (κ3) is 3.34. The van der Waals surface area contributed by atoms with Gasteiger partial charge in [0.2, 0.25) is 0 Å². The van der Waals surface area contributed by atoms with E-state index < -0.39 is 0 Å². The second kappa shape index (κ2) is 7.10. The van der Waals surface area contributed by atoms with E-state index in [4.69, 9.17) is 11.6 Å². The van der Waals surface area contributed by atoms with Crippen molar-refractivity contribution in [1.29, 1.82) is 0 Å². The summed E-state index contributed by atoms with van der Waals surface area (Å²) >= 11 is 8.36. The van der Waals surface area contributed by atoms with Crippen molar-refractivity contribution in [3.8, 4) is 0 Å². The summed E-state index contributed by atoms with van der Waals surface area (Å²) in [5.41, 5.74) is 1.23. The molecule has 1 N–H and O–H groups in total. The van der Waals surface area contributed by atoms with Gasteiger partial charge in [-0.25, -0.2) is 0 Å². The summed E-state index contributed by atoms with van der Waals surface area (Å²) in [6, 6.07) is 0.460. The van der Waals surface area contributed by atoms with Crippen LogP contribution in [0.3, 0.4) is 0 Å². The molecule has 1 aliphatic rings. The molecule has 3 heteroatoms. The van der Waals surface area contributed by atoms with E-state index in [0.717, 1.165) is 23.4 Å². The van der Waals surface area contributed by atoms with E-state index in [0.29, 0.717) is 6.04 Å². The molecule has 1 nitrogen and oxygen atoms in total. The lowest BCUT2D eigenvalue weighted by atomic mass is 9.73. The second-order valence-electron chi connectivity index (χ2n) is 5.75. The fraction of sp³-hybridized carbons (Fsp3) is 0.750. The number of hydrogen-bond donors (Lipinski definition) is 1. The first-order valence-electron chi connectivity index (χ1n) is 7.65. The van der Waals surface area contributed by atoms with Crippen molar-refractivity contribution >= 4 is 22.9 Å². The van der Waals surface area contributed by atoms with E-state index in [-0.39, 0.29) is 0 Å². The fourth-order valence-electron chi connectivity index (χ4n) is 3.50. The SMILES string of the molecule is CCNC(c1scc(C)c1Cl)C1CCCCC1CC. The zero-order valence-corrected chi connectivity index (χ0v) is 13.9. The van der Waals surface area contributed by atoms with Crippen molar-refractivity contribution in [1.82, 2.24) is 5.32 Å². The van der Waals surface area contributed by atoms with Crippen molar-refractivity contribution in [2.75, 3.05) is 6.54 Å². The van der Waals surface area contributed by atoms with Crippen LogP contribution in [0.5, 0.6) is 0 Å². The van der Waals surface area contributed by atoms with Crippen LogP contribution < -0.4 is 5.32 Å². The molecule has 0 aliphatic heterocycles. The third-order valence-electron chi connectivity index (χ3n) is 4.55. The Kier molecular flexibility index (Phi) is 5.73. The largest absolute Gasteiger partial charge is 0.309 e. The first-order valence-corrected chi connectivity index (χ1v) is 8.91. The highest BCUT2D eigenvalue weighted by Crippen LogP contribution is 2.44. The van der Waals surface area contributed by atoms with Crippen molar-refractivity contribution in [3.63, 3.8) is 0 Å². The molecule has 108 valence electrons. The Morgan fingerprint density at radius 2 is 2.11 bits per heavy atom. The van der Waals surface area contributed by atoms with Gasteiger partial charge in [-0.1, -0.05) is 51.1 Å². The van der Waals surface area contributed by atoms with Gasteiger partial charge in [0.15, 0.2) is 0 Å². The molecule has 3 atom stereocenters. The van der Waals surface area contributed by atoms with E-state index in [2.05, 4.69) is 31.5 Å². The van der Waals surface area contributed by atoms with Gasteiger partial charge in [0, 0.05) is 10.9 Å². The molecule has 19 heavy (non-hydrogen) atoms. The van der Waals surface area contributed by atoms with Crippen LogP contribution in [0.15, 0.2) is 5.38 Å². The summed E-state index contributed by atoms with van der Waals surface area (Å²) < 4.78 is 0. The molecule has 0 saturated heterocycles. The molecular weight excluding hydrogens is 274 g/mol. The zero-order valence-electron chi connectivity index (χ0n) is 12.3. The lowest BCUT2D eigenvalue weighted by Gasteiger charge is -2.37. The predicted octanol–water partition coefficient (Wildman–Crippen LogP) is 5.58. The average molecular weight is 300 g/mol. The summed E-state index contributed by atoms with van der Waals surface area (Å²) in [6.07, 6.45) is 6.83. The molecule has 0 amide bonds. The average Bonchev–Trinajstić information content (AvgIpc) is 2.76. The Labute approximate surface area is 126 Å². The standard InChI is InChI=1S/C16H26ClNS/c1-4-12-8-6-7-9-13(12)15(18-5-2)16-14(17)11(3)10-19-16/h10,12-13,15,18H,4-9H2,1-3H3.